The van der Waals surface area contributed by atoms with Crippen LogP contribution in [0.5, 0.6) is 5.75 Å². The highest BCUT2D eigenvalue weighted by Crippen LogP contribution is 2.29. The fraction of sp³-hybridized carbons (Fsp3) is 0.167. The molecule has 0 bridgehead atoms. The number of carbonyl (C=O) groups is 1. The summed E-state index contributed by atoms with van der Waals surface area (Å²) < 4.78 is 5.18. The minimum absolute atomic E-state index is 0.474. The molecule has 2 N–H and O–H groups in total. The van der Waals surface area contributed by atoms with E-state index >= 15 is 0 Å². The van der Waals surface area contributed by atoms with Crippen LogP contribution in [0.4, 0.5) is 0 Å². The molecule has 5 nitrogen and oxygen atoms in total. The van der Waals surface area contributed by atoms with E-state index in [1.165, 1.54) is 0 Å². The monoisotopic (exact) mass is 388 g/mol. The van der Waals surface area contributed by atoms with Crippen molar-refractivity contribution in [3.05, 3.63) is 102 Å². The molecule has 0 fully saturated rings. The van der Waals surface area contributed by atoms with E-state index in [0.717, 1.165) is 11.3 Å². The summed E-state index contributed by atoms with van der Waals surface area (Å²) in [5.74, 6) is 0.130. The SMILES string of the molecule is CC/C(=N\NC(=O)C(O)(c1ccccc1)c1ccccc1)c1ccc(OC)cc1. The molecule has 0 atom stereocenters. The number of hydrazone groups is 1. The molecular formula is C24H24N2O3. The van der Waals surface area contributed by atoms with E-state index in [9.17, 15) is 9.90 Å². The Balaban J connectivity index is 1.93. The lowest BCUT2D eigenvalue weighted by Gasteiger charge is -2.27. The van der Waals surface area contributed by atoms with E-state index in [1.54, 1.807) is 55.6 Å². The zero-order valence-electron chi connectivity index (χ0n) is 16.5. The van der Waals surface area contributed by atoms with Crippen molar-refractivity contribution in [2.24, 2.45) is 5.10 Å². The summed E-state index contributed by atoms with van der Waals surface area (Å²) in [6.45, 7) is 1.95. The van der Waals surface area contributed by atoms with E-state index in [4.69, 9.17) is 4.74 Å². The Morgan fingerprint density at radius 2 is 1.45 bits per heavy atom. The van der Waals surface area contributed by atoms with Gasteiger partial charge in [0, 0.05) is 0 Å². The van der Waals surface area contributed by atoms with Gasteiger partial charge in [-0.2, -0.15) is 5.10 Å². The maximum absolute atomic E-state index is 13.1. The van der Waals surface area contributed by atoms with Gasteiger partial charge in [-0.05, 0) is 47.4 Å². The third kappa shape index (κ3) is 4.36. The van der Waals surface area contributed by atoms with Crippen LogP contribution in [0.1, 0.15) is 30.0 Å². The quantitative estimate of drug-likeness (QED) is 0.477. The first-order valence-corrected chi connectivity index (χ1v) is 9.44. The van der Waals surface area contributed by atoms with Gasteiger partial charge in [-0.1, -0.05) is 67.6 Å². The van der Waals surface area contributed by atoms with Crippen LogP contribution in [0.3, 0.4) is 0 Å². The molecule has 0 spiro atoms. The van der Waals surface area contributed by atoms with E-state index in [-0.39, 0.29) is 0 Å². The van der Waals surface area contributed by atoms with Crippen molar-refractivity contribution in [2.75, 3.05) is 7.11 Å². The number of hydrogen-bond donors (Lipinski definition) is 2. The van der Waals surface area contributed by atoms with Crippen LogP contribution in [-0.4, -0.2) is 23.8 Å². The van der Waals surface area contributed by atoms with Crippen LogP contribution >= 0.6 is 0 Å². The van der Waals surface area contributed by atoms with Crippen molar-refractivity contribution in [1.82, 2.24) is 5.43 Å². The van der Waals surface area contributed by atoms with Crippen LogP contribution in [0, 0.1) is 0 Å². The zero-order chi connectivity index (χ0) is 20.7. The molecule has 3 aromatic rings. The molecule has 29 heavy (non-hydrogen) atoms. The number of benzene rings is 3. The summed E-state index contributed by atoms with van der Waals surface area (Å²) in [6.07, 6.45) is 0.613. The summed E-state index contributed by atoms with van der Waals surface area (Å²) in [5.41, 5.74) is 3.23. The Hall–Kier alpha value is -3.44. The van der Waals surface area contributed by atoms with Crippen molar-refractivity contribution in [3.8, 4) is 5.75 Å². The Morgan fingerprint density at radius 1 is 0.931 bits per heavy atom. The lowest BCUT2D eigenvalue weighted by molar-refractivity contribution is -0.136. The van der Waals surface area contributed by atoms with Crippen molar-refractivity contribution in [2.45, 2.75) is 18.9 Å². The number of amides is 1. The molecule has 3 aromatic carbocycles. The number of carbonyl (C=O) groups excluding carboxylic acids is 1. The molecule has 0 aliphatic carbocycles. The second-order valence-electron chi connectivity index (χ2n) is 6.52. The molecule has 148 valence electrons. The van der Waals surface area contributed by atoms with Crippen LogP contribution < -0.4 is 10.2 Å². The van der Waals surface area contributed by atoms with Crippen molar-refractivity contribution >= 4 is 11.6 Å². The molecule has 3 rings (SSSR count). The first kappa shape index (κ1) is 20.3. The molecule has 0 saturated heterocycles. The Morgan fingerprint density at radius 3 is 1.90 bits per heavy atom. The Bertz CT molecular complexity index is 929. The molecule has 0 heterocycles. The third-order valence-electron chi connectivity index (χ3n) is 4.76. The fourth-order valence-corrected chi connectivity index (χ4v) is 3.12. The van der Waals surface area contributed by atoms with E-state index < -0.39 is 11.5 Å². The minimum atomic E-state index is -1.86. The summed E-state index contributed by atoms with van der Waals surface area (Å²) >= 11 is 0. The lowest BCUT2D eigenvalue weighted by atomic mass is 9.85. The zero-order valence-corrected chi connectivity index (χ0v) is 16.5. The summed E-state index contributed by atoms with van der Waals surface area (Å²) in [7, 11) is 1.61. The van der Waals surface area contributed by atoms with Gasteiger partial charge in [-0.25, -0.2) is 5.43 Å². The molecule has 1 amide bonds. The van der Waals surface area contributed by atoms with Gasteiger partial charge in [0.25, 0.3) is 5.91 Å². The number of methoxy groups -OCH3 is 1. The van der Waals surface area contributed by atoms with Gasteiger partial charge in [0.05, 0.1) is 12.8 Å². The van der Waals surface area contributed by atoms with Crippen LogP contribution in [-0.2, 0) is 10.4 Å². The fourth-order valence-electron chi connectivity index (χ4n) is 3.12. The van der Waals surface area contributed by atoms with Gasteiger partial charge in [0.2, 0.25) is 0 Å². The first-order valence-electron chi connectivity index (χ1n) is 9.44. The van der Waals surface area contributed by atoms with E-state index in [0.29, 0.717) is 23.3 Å². The second-order valence-corrected chi connectivity index (χ2v) is 6.52. The topological polar surface area (TPSA) is 70.9 Å². The normalized spacial score (nSPS) is 11.8. The lowest BCUT2D eigenvalue weighted by Crippen LogP contribution is -2.44. The van der Waals surface area contributed by atoms with Gasteiger partial charge in [-0.15, -0.1) is 0 Å². The predicted octanol–water partition coefficient (Wildman–Crippen LogP) is 3.86. The van der Waals surface area contributed by atoms with Crippen molar-refractivity contribution in [1.29, 1.82) is 0 Å². The average Bonchev–Trinajstić information content (AvgIpc) is 2.80. The summed E-state index contributed by atoms with van der Waals surface area (Å²) in [4.78, 5) is 13.1. The maximum atomic E-state index is 13.1. The number of nitrogens with zero attached hydrogens (tertiary/aromatic N) is 1. The van der Waals surface area contributed by atoms with Gasteiger partial charge in [0.1, 0.15) is 5.75 Å². The Kier molecular flexibility index (Phi) is 6.42. The predicted molar refractivity (Wildman–Crippen MR) is 114 cm³/mol. The molecule has 0 aliphatic rings. The molecule has 0 saturated carbocycles. The Labute approximate surface area is 170 Å². The van der Waals surface area contributed by atoms with Crippen molar-refractivity contribution in [3.63, 3.8) is 0 Å². The van der Waals surface area contributed by atoms with Crippen molar-refractivity contribution < 1.29 is 14.6 Å². The largest absolute Gasteiger partial charge is 0.497 e. The van der Waals surface area contributed by atoms with Crippen LogP contribution in [0.15, 0.2) is 90.0 Å². The first-order chi connectivity index (χ1) is 14.1. The van der Waals surface area contributed by atoms with Gasteiger partial charge in [-0.3, -0.25) is 4.79 Å². The highest BCUT2D eigenvalue weighted by molar-refractivity contribution is 6.01. The van der Waals surface area contributed by atoms with Crippen LogP contribution in [0.25, 0.3) is 0 Å². The number of rotatable bonds is 7. The second kappa shape index (κ2) is 9.17. The molecule has 0 aromatic heterocycles. The third-order valence-corrected chi connectivity index (χ3v) is 4.76. The number of nitrogens with one attached hydrogen (secondary N) is 1. The maximum Gasteiger partial charge on any atom is 0.281 e. The number of hydrogen-bond acceptors (Lipinski definition) is 4. The molecule has 0 aliphatic heterocycles. The minimum Gasteiger partial charge on any atom is -0.497 e. The standard InChI is InChI=1S/C24H24N2O3/c1-3-22(18-14-16-21(29-2)17-15-18)25-26-23(27)24(28,19-10-6-4-7-11-19)20-12-8-5-9-13-20/h4-17,28H,3H2,1-2H3,(H,26,27)/b25-22+. The highest BCUT2D eigenvalue weighted by atomic mass is 16.5. The smallest absolute Gasteiger partial charge is 0.281 e. The summed E-state index contributed by atoms with van der Waals surface area (Å²) in [5, 5.41) is 15.8. The van der Waals surface area contributed by atoms with E-state index in [2.05, 4.69) is 10.5 Å². The van der Waals surface area contributed by atoms with E-state index in [1.807, 2.05) is 43.3 Å². The number of ether oxygens (including phenoxy) is 1. The number of aliphatic hydroxyl groups is 1. The molecule has 0 unspecified atom stereocenters. The highest BCUT2D eigenvalue weighted by Gasteiger charge is 2.39. The molecule has 5 heteroatoms. The van der Waals surface area contributed by atoms with Gasteiger partial charge < -0.3 is 9.84 Å². The van der Waals surface area contributed by atoms with Gasteiger partial charge >= 0.3 is 0 Å². The van der Waals surface area contributed by atoms with Crippen LogP contribution in [0.2, 0.25) is 0 Å². The average molecular weight is 388 g/mol. The molecular weight excluding hydrogens is 364 g/mol. The summed E-state index contributed by atoms with van der Waals surface area (Å²) in [6, 6.07) is 25.2. The molecule has 0 radical (unpaired) electrons. The van der Waals surface area contributed by atoms with Gasteiger partial charge in [0.15, 0.2) is 5.60 Å².